The number of hydrogen-bond acceptors (Lipinski definition) is 4. The van der Waals surface area contributed by atoms with Gasteiger partial charge in [-0.05, 0) is 19.3 Å². The van der Waals surface area contributed by atoms with E-state index in [1.165, 1.54) is 6.42 Å². The molecule has 2 aliphatic rings. The second-order valence-corrected chi connectivity index (χ2v) is 5.53. The molecular weight excluding hydrogens is 204 g/mol. The summed E-state index contributed by atoms with van der Waals surface area (Å²) in [6.45, 7) is 8.71. The number of hydrogen-bond donors (Lipinski definition) is 2. The predicted molar refractivity (Wildman–Crippen MR) is 63.3 cm³/mol. The highest BCUT2D eigenvalue weighted by Crippen LogP contribution is 2.26. The third-order valence-corrected chi connectivity index (χ3v) is 4.09. The van der Waals surface area contributed by atoms with E-state index < -0.39 is 0 Å². The molecule has 0 amide bonds. The standard InChI is InChI=1S/C12H24N2O2/c1-9-10(3-4-16-9)5-14-7-12(2)8-15-6-11(12)13/h9-11,14H,3-8,13H2,1-2H3. The third-order valence-electron chi connectivity index (χ3n) is 4.09. The average molecular weight is 228 g/mol. The van der Waals surface area contributed by atoms with E-state index in [0.717, 1.165) is 26.3 Å². The molecule has 0 spiro atoms. The summed E-state index contributed by atoms with van der Waals surface area (Å²) in [6.07, 6.45) is 1.57. The van der Waals surface area contributed by atoms with Gasteiger partial charge in [-0.1, -0.05) is 6.92 Å². The van der Waals surface area contributed by atoms with Gasteiger partial charge in [-0.15, -0.1) is 0 Å². The van der Waals surface area contributed by atoms with E-state index in [1.54, 1.807) is 0 Å². The van der Waals surface area contributed by atoms with Crippen molar-refractivity contribution >= 4 is 0 Å². The Morgan fingerprint density at radius 2 is 2.31 bits per heavy atom. The molecule has 4 atom stereocenters. The van der Waals surface area contributed by atoms with Gasteiger partial charge < -0.3 is 20.5 Å². The molecule has 2 fully saturated rings. The lowest BCUT2D eigenvalue weighted by atomic mass is 9.85. The van der Waals surface area contributed by atoms with Crippen molar-refractivity contribution in [3.05, 3.63) is 0 Å². The number of ether oxygens (including phenoxy) is 2. The highest BCUT2D eigenvalue weighted by atomic mass is 16.5. The molecule has 0 aliphatic carbocycles. The van der Waals surface area contributed by atoms with Gasteiger partial charge in [-0.25, -0.2) is 0 Å². The zero-order valence-electron chi connectivity index (χ0n) is 10.4. The first-order valence-corrected chi connectivity index (χ1v) is 6.27. The molecule has 16 heavy (non-hydrogen) atoms. The zero-order valence-corrected chi connectivity index (χ0v) is 10.4. The third kappa shape index (κ3) is 2.56. The summed E-state index contributed by atoms with van der Waals surface area (Å²) < 4.78 is 11.0. The Kier molecular flexibility index (Phi) is 3.85. The molecule has 4 heteroatoms. The van der Waals surface area contributed by atoms with E-state index in [-0.39, 0.29) is 11.5 Å². The smallest absolute Gasteiger partial charge is 0.0624 e. The van der Waals surface area contributed by atoms with Crippen LogP contribution in [0.2, 0.25) is 0 Å². The Labute approximate surface area is 97.9 Å². The van der Waals surface area contributed by atoms with Crippen LogP contribution in [-0.4, -0.2) is 45.1 Å². The number of nitrogens with two attached hydrogens (primary N) is 1. The SMILES string of the molecule is CC1OCCC1CNCC1(C)COCC1N. The minimum absolute atomic E-state index is 0.0999. The molecule has 2 rings (SSSR count). The van der Waals surface area contributed by atoms with E-state index in [0.29, 0.717) is 18.6 Å². The van der Waals surface area contributed by atoms with Crippen molar-refractivity contribution in [1.82, 2.24) is 5.32 Å². The van der Waals surface area contributed by atoms with Gasteiger partial charge in [0.05, 0.1) is 19.3 Å². The molecule has 0 aromatic rings. The van der Waals surface area contributed by atoms with Gasteiger partial charge in [0.15, 0.2) is 0 Å². The van der Waals surface area contributed by atoms with Gasteiger partial charge in [-0.3, -0.25) is 0 Å². The molecule has 94 valence electrons. The Morgan fingerprint density at radius 1 is 1.50 bits per heavy atom. The summed E-state index contributed by atoms with van der Waals surface area (Å²) in [5.74, 6) is 0.655. The lowest BCUT2D eigenvalue weighted by molar-refractivity contribution is 0.104. The summed E-state index contributed by atoms with van der Waals surface area (Å²) in [4.78, 5) is 0. The van der Waals surface area contributed by atoms with Crippen molar-refractivity contribution in [2.75, 3.05) is 32.9 Å². The van der Waals surface area contributed by atoms with Crippen molar-refractivity contribution in [2.45, 2.75) is 32.4 Å². The summed E-state index contributed by atoms with van der Waals surface area (Å²) in [7, 11) is 0. The van der Waals surface area contributed by atoms with Crippen LogP contribution in [0.1, 0.15) is 20.3 Å². The summed E-state index contributed by atoms with van der Waals surface area (Å²) >= 11 is 0. The molecular formula is C12H24N2O2. The average Bonchev–Trinajstić information content (AvgIpc) is 2.77. The Balaban J connectivity index is 1.71. The van der Waals surface area contributed by atoms with Crippen molar-refractivity contribution in [3.8, 4) is 0 Å². The molecule has 0 aromatic carbocycles. The van der Waals surface area contributed by atoms with Crippen LogP contribution in [0.15, 0.2) is 0 Å². The maximum atomic E-state index is 6.05. The van der Waals surface area contributed by atoms with Crippen LogP contribution in [0.3, 0.4) is 0 Å². The maximum Gasteiger partial charge on any atom is 0.0624 e. The van der Waals surface area contributed by atoms with E-state index in [9.17, 15) is 0 Å². The largest absolute Gasteiger partial charge is 0.379 e. The Morgan fingerprint density at radius 3 is 2.88 bits per heavy atom. The van der Waals surface area contributed by atoms with Crippen LogP contribution < -0.4 is 11.1 Å². The van der Waals surface area contributed by atoms with Crippen molar-refractivity contribution < 1.29 is 9.47 Å². The Bertz CT molecular complexity index is 237. The van der Waals surface area contributed by atoms with Crippen LogP contribution >= 0.6 is 0 Å². The van der Waals surface area contributed by atoms with E-state index in [2.05, 4.69) is 19.2 Å². The second-order valence-electron chi connectivity index (χ2n) is 5.53. The Hall–Kier alpha value is -0.160. The minimum atomic E-state index is 0.0999. The first-order chi connectivity index (χ1) is 7.62. The van der Waals surface area contributed by atoms with Gasteiger partial charge in [0.2, 0.25) is 0 Å². The molecule has 0 aromatic heterocycles. The highest BCUT2D eigenvalue weighted by Gasteiger charge is 2.37. The first-order valence-electron chi connectivity index (χ1n) is 6.27. The molecule has 3 N–H and O–H groups in total. The number of nitrogens with one attached hydrogen (secondary N) is 1. The van der Waals surface area contributed by atoms with Crippen LogP contribution in [0.5, 0.6) is 0 Å². The summed E-state index contributed by atoms with van der Waals surface area (Å²) in [6, 6.07) is 0.164. The fourth-order valence-corrected chi connectivity index (χ4v) is 2.50. The molecule has 4 unspecified atom stereocenters. The van der Waals surface area contributed by atoms with Gasteiger partial charge >= 0.3 is 0 Å². The number of rotatable bonds is 4. The van der Waals surface area contributed by atoms with Crippen LogP contribution in [0.4, 0.5) is 0 Å². The van der Waals surface area contributed by atoms with Crippen LogP contribution in [0.25, 0.3) is 0 Å². The summed E-state index contributed by atoms with van der Waals surface area (Å²) in [5.41, 5.74) is 6.14. The van der Waals surface area contributed by atoms with Crippen molar-refractivity contribution in [2.24, 2.45) is 17.1 Å². The second kappa shape index (κ2) is 5.00. The lowest BCUT2D eigenvalue weighted by Gasteiger charge is -2.28. The van der Waals surface area contributed by atoms with Crippen molar-refractivity contribution in [3.63, 3.8) is 0 Å². The minimum Gasteiger partial charge on any atom is -0.379 e. The molecule has 2 saturated heterocycles. The maximum absolute atomic E-state index is 6.05. The highest BCUT2D eigenvalue weighted by molar-refractivity contribution is 4.92. The molecule has 0 bridgehead atoms. The quantitative estimate of drug-likeness (QED) is 0.730. The molecule has 4 nitrogen and oxygen atoms in total. The van der Waals surface area contributed by atoms with Crippen LogP contribution in [-0.2, 0) is 9.47 Å². The van der Waals surface area contributed by atoms with E-state index in [1.807, 2.05) is 0 Å². The molecule has 0 saturated carbocycles. The predicted octanol–water partition coefficient (Wildman–Crippen LogP) is 0.365. The van der Waals surface area contributed by atoms with E-state index in [4.69, 9.17) is 15.2 Å². The first kappa shape index (κ1) is 12.3. The molecule has 2 heterocycles. The normalized spacial score (nSPS) is 44.1. The van der Waals surface area contributed by atoms with Gasteiger partial charge in [0.25, 0.3) is 0 Å². The van der Waals surface area contributed by atoms with Crippen molar-refractivity contribution in [1.29, 1.82) is 0 Å². The van der Waals surface area contributed by atoms with E-state index >= 15 is 0 Å². The van der Waals surface area contributed by atoms with Gasteiger partial charge in [-0.2, -0.15) is 0 Å². The zero-order chi connectivity index (χ0) is 11.6. The fraction of sp³-hybridized carbons (Fsp3) is 1.00. The molecule has 0 radical (unpaired) electrons. The summed E-state index contributed by atoms with van der Waals surface area (Å²) in [5, 5.41) is 3.53. The lowest BCUT2D eigenvalue weighted by Crippen LogP contribution is -2.46. The fourth-order valence-electron chi connectivity index (χ4n) is 2.50. The topological polar surface area (TPSA) is 56.5 Å². The monoisotopic (exact) mass is 228 g/mol. The molecule has 2 aliphatic heterocycles. The van der Waals surface area contributed by atoms with Gasteiger partial charge in [0, 0.05) is 31.2 Å². The van der Waals surface area contributed by atoms with Crippen LogP contribution in [0, 0.1) is 11.3 Å². The van der Waals surface area contributed by atoms with Gasteiger partial charge in [0.1, 0.15) is 0 Å².